The highest BCUT2D eigenvalue weighted by molar-refractivity contribution is 9.10. The molecule has 1 aliphatic rings. The Labute approximate surface area is 217 Å². The number of hydrogen-bond donors (Lipinski definition) is 3. The average molecular weight is 580 g/mol. The van der Waals surface area contributed by atoms with Crippen LogP contribution >= 0.6 is 15.9 Å². The van der Waals surface area contributed by atoms with Crippen LogP contribution in [-0.4, -0.2) is 27.1 Å². The van der Waals surface area contributed by atoms with Gasteiger partial charge in [0.05, 0.1) is 35.4 Å². The number of carbonyl (C=O) groups excluding carboxylic acids is 2. The summed E-state index contributed by atoms with van der Waals surface area (Å²) < 4.78 is 46.7. The van der Waals surface area contributed by atoms with Crippen molar-refractivity contribution in [2.24, 2.45) is 7.05 Å². The number of aromatic nitrogens is 2. The predicted molar refractivity (Wildman–Crippen MR) is 131 cm³/mol. The van der Waals surface area contributed by atoms with Gasteiger partial charge in [-0.15, -0.1) is 0 Å². The Kier molecular flexibility index (Phi) is 7.25. The summed E-state index contributed by atoms with van der Waals surface area (Å²) in [5, 5.41) is 7.94. The maximum atomic E-state index is 13.3. The summed E-state index contributed by atoms with van der Waals surface area (Å²) in [6.07, 6.45) is -1.77. The quantitative estimate of drug-likeness (QED) is 0.386. The smallest absolute Gasteiger partial charge is 0.410 e. The summed E-state index contributed by atoms with van der Waals surface area (Å²) in [5.74, 6) is -0.373. The van der Waals surface area contributed by atoms with Crippen molar-refractivity contribution in [2.75, 3.05) is 5.32 Å². The molecule has 0 aliphatic heterocycles. The fourth-order valence-electron chi connectivity index (χ4n) is 3.41. The van der Waals surface area contributed by atoms with Gasteiger partial charge in [-0.3, -0.25) is 14.6 Å². The highest BCUT2D eigenvalue weighted by Gasteiger charge is 2.51. The third-order valence-corrected chi connectivity index (χ3v) is 6.13. The van der Waals surface area contributed by atoms with Gasteiger partial charge in [-0.1, -0.05) is 15.9 Å². The third-order valence-electron chi connectivity index (χ3n) is 5.63. The number of aryl methyl sites for hydroxylation is 1. The van der Waals surface area contributed by atoms with Crippen molar-refractivity contribution >= 4 is 39.3 Å². The van der Waals surface area contributed by atoms with E-state index >= 15 is 0 Å². The molecule has 1 saturated carbocycles. The minimum Gasteiger partial charge on any atom is -0.410 e. The lowest BCUT2D eigenvalue weighted by atomic mass is 10.1. The highest BCUT2D eigenvalue weighted by Crippen LogP contribution is 2.38. The zero-order valence-corrected chi connectivity index (χ0v) is 20.9. The van der Waals surface area contributed by atoms with Crippen LogP contribution in [0.2, 0.25) is 0 Å². The predicted octanol–water partition coefficient (Wildman–Crippen LogP) is 4.24. The molecule has 1 fully saturated rings. The molecule has 13 heteroatoms. The number of amides is 2. The summed E-state index contributed by atoms with van der Waals surface area (Å²) in [4.78, 5) is 40.7. The number of ether oxygens (including phenoxy) is 1. The van der Waals surface area contributed by atoms with E-state index in [2.05, 4.69) is 36.9 Å². The van der Waals surface area contributed by atoms with Gasteiger partial charge in [0.15, 0.2) is 0 Å². The summed E-state index contributed by atoms with van der Waals surface area (Å²) in [6, 6.07) is 9.50. The minimum atomic E-state index is -4.54. The van der Waals surface area contributed by atoms with E-state index in [9.17, 15) is 27.6 Å². The van der Waals surface area contributed by atoms with Crippen molar-refractivity contribution < 1.29 is 27.5 Å². The maximum absolute atomic E-state index is 13.3. The van der Waals surface area contributed by atoms with Gasteiger partial charge in [0, 0.05) is 23.8 Å². The van der Waals surface area contributed by atoms with Crippen LogP contribution in [0.25, 0.3) is 0 Å². The van der Waals surface area contributed by atoms with E-state index in [1.54, 1.807) is 19.2 Å². The SMILES string of the molecule is Cn1ccc(OC(=O)NC2(C(=O)NCc3ccc(Nc4ccc(Br)cc4C(F)(F)F)cn3)CC2)cc1=O. The summed E-state index contributed by atoms with van der Waals surface area (Å²) in [5.41, 5.74) is -1.62. The molecule has 0 atom stereocenters. The van der Waals surface area contributed by atoms with Crippen LogP contribution in [-0.2, 0) is 24.6 Å². The number of pyridine rings is 2. The van der Waals surface area contributed by atoms with E-state index in [1.165, 1.54) is 35.2 Å². The molecule has 1 aliphatic carbocycles. The second-order valence-corrected chi connectivity index (χ2v) is 9.36. The fraction of sp³-hybridized carbons (Fsp3) is 0.250. The lowest BCUT2D eigenvalue weighted by Crippen LogP contribution is -2.49. The van der Waals surface area contributed by atoms with E-state index in [1.807, 2.05) is 0 Å². The van der Waals surface area contributed by atoms with Crippen LogP contribution in [0.15, 0.2) is 64.1 Å². The van der Waals surface area contributed by atoms with Gasteiger partial charge in [0.1, 0.15) is 11.3 Å². The van der Waals surface area contributed by atoms with Crippen molar-refractivity contribution in [1.29, 1.82) is 0 Å². The van der Waals surface area contributed by atoms with Crippen LogP contribution in [0.3, 0.4) is 0 Å². The molecular weight excluding hydrogens is 559 g/mol. The van der Waals surface area contributed by atoms with E-state index in [4.69, 9.17) is 4.74 Å². The number of carbonyl (C=O) groups is 2. The van der Waals surface area contributed by atoms with Gasteiger partial charge >= 0.3 is 12.3 Å². The van der Waals surface area contributed by atoms with Crippen LogP contribution in [0.1, 0.15) is 24.1 Å². The second kappa shape index (κ2) is 10.2. The van der Waals surface area contributed by atoms with Gasteiger partial charge in [0.2, 0.25) is 5.91 Å². The first kappa shape index (κ1) is 26.2. The maximum Gasteiger partial charge on any atom is 0.418 e. The number of rotatable bonds is 7. The lowest BCUT2D eigenvalue weighted by molar-refractivity contribution is -0.137. The van der Waals surface area contributed by atoms with Gasteiger partial charge < -0.3 is 25.3 Å². The minimum absolute atomic E-state index is 0.0401. The van der Waals surface area contributed by atoms with Gasteiger partial charge in [0.25, 0.3) is 5.56 Å². The van der Waals surface area contributed by atoms with Crippen molar-refractivity contribution in [2.45, 2.75) is 31.1 Å². The van der Waals surface area contributed by atoms with E-state index in [0.29, 0.717) is 28.7 Å². The molecule has 1 aromatic carbocycles. The molecule has 0 bridgehead atoms. The Balaban J connectivity index is 1.32. The number of benzene rings is 1. The van der Waals surface area contributed by atoms with E-state index < -0.39 is 29.3 Å². The topological polar surface area (TPSA) is 114 Å². The normalized spacial score (nSPS) is 14.0. The Hall–Kier alpha value is -3.87. The molecule has 194 valence electrons. The number of nitrogens with one attached hydrogen (secondary N) is 3. The molecule has 2 aromatic heterocycles. The lowest BCUT2D eigenvalue weighted by Gasteiger charge is -2.17. The summed E-state index contributed by atoms with van der Waals surface area (Å²) in [7, 11) is 1.56. The molecule has 0 unspecified atom stereocenters. The Morgan fingerprint density at radius 2 is 1.92 bits per heavy atom. The molecule has 0 saturated heterocycles. The van der Waals surface area contributed by atoms with Crippen molar-refractivity contribution in [3.05, 3.63) is 80.9 Å². The standard InChI is InChI=1S/C24H21BrF3N5O4/c1-33-9-6-17(11-20(33)34)37-22(36)32-23(7-8-23)21(35)30-12-15-3-4-16(13-29-15)31-19-5-2-14(25)10-18(19)24(26,27)28/h2-6,9-11,13,31H,7-8,12H2,1H3,(H,30,35)(H,32,36). The molecule has 3 aromatic rings. The highest BCUT2D eigenvalue weighted by atomic mass is 79.9. The number of hydrogen-bond acceptors (Lipinski definition) is 6. The Morgan fingerprint density at radius 3 is 2.54 bits per heavy atom. The van der Waals surface area contributed by atoms with Gasteiger partial charge in [-0.05, 0) is 49.2 Å². The number of nitrogens with zero attached hydrogens (tertiary/aromatic N) is 2. The first-order chi connectivity index (χ1) is 17.4. The van der Waals surface area contributed by atoms with Crippen molar-refractivity contribution in [3.8, 4) is 5.75 Å². The zero-order chi connectivity index (χ0) is 26.8. The van der Waals surface area contributed by atoms with Gasteiger partial charge in [-0.2, -0.15) is 13.2 Å². The van der Waals surface area contributed by atoms with Crippen molar-refractivity contribution in [3.63, 3.8) is 0 Å². The molecule has 0 radical (unpaired) electrons. The Bertz CT molecular complexity index is 1390. The third kappa shape index (κ3) is 6.47. The van der Waals surface area contributed by atoms with Crippen molar-refractivity contribution in [1.82, 2.24) is 20.2 Å². The molecular formula is C24H21BrF3N5O4. The summed E-state index contributed by atoms with van der Waals surface area (Å²) >= 11 is 3.05. The average Bonchev–Trinajstić information content (AvgIpc) is 3.61. The molecule has 0 spiro atoms. The molecule has 37 heavy (non-hydrogen) atoms. The number of anilines is 2. The van der Waals surface area contributed by atoms with Crippen LogP contribution in [0.4, 0.5) is 29.3 Å². The summed E-state index contributed by atoms with van der Waals surface area (Å²) in [6.45, 7) is 0.0401. The number of alkyl halides is 3. The van der Waals surface area contributed by atoms with Gasteiger partial charge in [-0.25, -0.2) is 4.79 Å². The zero-order valence-electron chi connectivity index (χ0n) is 19.4. The van der Waals surface area contributed by atoms with E-state index in [-0.39, 0.29) is 23.5 Å². The molecule has 9 nitrogen and oxygen atoms in total. The molecule has 3 N–H and O–H groups in total. The van der Waals surface area contributed by atoms with E-state index in [0.717, 1.165) is 12.1 Å². The number of halogens is 4. The first-order valence-electron chi connectivity index (χ1n) is 11.0. The Morgan fingerprint density at radius 1 is 1.16 bits per heavy atom. The molecule has 4 rings (SSSR count). The largest absolute Gasteiger partial charge is 0.418 e. The monoisotopic (exact) mass is 579 g/mol. The van der Waals surface area contributed by atoms with Crippen LogP contribution < -0.4 is 26.2 Å². The molecule has 2 amide bonds. The second-order valence-electron chi connectivity index (χ2n) is 8.44. The molecule has 2 heterocycles. The van der Waals surface area contributed by atoms with Crippen LogP contribution in [0, 0.1) is 0 Å². The van der Waals surface area contributed by atoms with Crippen LogP contribution in [0.5, 0.6) is 5.75 Å². The first-order valence-corrected chi connectivity index (χ1v) is 11.8. The fourth-order valence-corrected chi connectivity index (χ4v) is 3.78.